The number of rotatable bonds is 1. The van der Waals surface area contributed by atoms with Crippen LogP contribution in [0.4, 0.5) is 13.2 Å². The molecule has 0 unspecified atom stereocenters. The molecule has 7 heteroatoms. The molecule has 0 fully saturated rings. The van der Waals surface area contributed by atoms with Gasteiger partial charge in [0.2, 0.25) is 0 Å². The van der Waals surface area contributed by atoms with Crippen molar-refractivity contribution in [3.63, 3.8) is 0 Å². The number of ether oxygens (including phenoxy) is 1. The second kappa shape index (κ2) is 4.52. The summed E-state index contributed by atoms with van der Waals surface area (Å²) in [6.45, 7) is 0.392. The Hall–Kier alpha value is -2.02. The molecule has 0 amide bonds. The van der Waals surface area contributed by atoms with E-state index >= 15 is 0 Å². The summed E-state index contributed by atoms with van der Waals surface area (Å²) in [5.74, 6) is 0.670. The summed E-state index contributed by atoms with van der Waals surface area (Å²) in [5, 5.41) is 9.09. The second-order valence-corrected chi connectivity index (χ2v) is 4.48. The Bertz CT molecular complexity index is 650. The summed E-state index contributed by atoms with van der Waals surface area (Å²) in [6.07, 6.45) is -3.47. The third-order valence-corrected chi connectivity index (χ3v) is 3.13. The Balaban J connectivity index is 2.14. The molecule has 20 heavy (non-hydrogen) atoms. The minimum atomic E-state index is -4.47. The molecule has 0 spiro atoms. The maximum absolute atomic E-state index is 12.7. The molecule has 1 N–H and O–H groups in total. The van der Waals surface area contributed by atoms with Gasteiger partial charge in [-0.2, -0.15) is 13.2 Å². The molecule has 2 heterocycles. The Morgan fingerprint density at radius 1 is 1.35 bits per heavy atom. The maximum atomic E-state index is 12.7. The summed E-state index contributed by atoms with van der Waals surface area (Å²) >= 11 is 0. The summed E-state index contributed by atoms with van der Waals surface area (Å²) in [6, 6.07) is 4.87. The molecular formula is C13H11F3N2O2. The van der Waals surface area contributed by atoms with Crippen molar-refractivity contribution in [1.29, 1.82) is 0 Å². The van der Waals surface area contributed by atoms with Crippen LogP contribution in [0, 0.1) is 0 Å². The third kappa shape index (κ3) is 2.14. The second-order valence-electron chi connectivity index (χ2n) is 4.48. The molecule has 1 aromatic heterocycles. The van der Waals surface area contributed by atoms with Gasteiger partial charge in [-0.3, -0.25) is 0 Å². The van der Waals surface area contributed by atoms with Crippen LogP contribution >= 0.6 is 0 Å². The van der Waals surface area contributed by atoms with Crippen molar-refractivity contribution in [3.8, 4) is 17.1 Å². The van der Waals surface area contributed by atoms with Gasteiger partial charge in [0, 0.05) is 6.20 Å². The summed E-state index contributed by atoms with van der Waals surface area (Å²) in [7, 11) is 0. The van der Waals surface area contributed by atoms with Gasteiger partial charge in [-0.25, -0.2) is 4.98 Å². The first kappa shape index (κ1) is 13.0. The number of hydrogen-bond acceptors (Lipinski definition) is 3. The Kier molecular flexibility index (Phi) is 2.93. The first-order chi connectivity index (χ1) is 9.49. The topological polar surface area (TPSA) is 47.3 Å². The molecule has 1 aliphatic rings. The van der Waals surface area contributed by atoms with Crippen LogP contribution in [0.1, 0.15) is 11.3 Å². The van der Waals surface area contributed by atoms with E-state index in [1.807, 2.05) is 0 Å². The molecule has 1 aromatic carbocycles. The quantitative estimate of drug-likeness (QED) is 0.875. The Labute approximate surface area is 112 Å². The van der Waals surface area contributed by atoms with Crippen molar-refractivity contribution >= 4 is 0 Å². The fourth-order valence-electron chi connectivity index (χ4n) is 2.16. The van der Waals surface area contributed by atoms with Crippen molar-refractivity contribution < 1.29 is 23.0 Å². The highest BCUT2D eigenvalue weighted by Crippen LogP contribution is 2.36. The number of aliphatic hydroxyl groups excluding tert-OH is 1. The molecule has 106 valence electrons. The molecule has 0 atom stereocenters. The third-order valence-electron chi connectivity index (χ3n) is 3.13. The van der Waals surface area contributed by atoms with Crippen LogP contribution in [0.25, 0.3) is 11.4 Å². The average molecular weight is 284 g/mol. The monoisotopic (exact) mass is 284 g/mol. The molecule has 4 nitrogen and oxygen atoms in total. The van der Waals surface area contributed by atoms with E-state index in [0.717, 1.165) is 6.20 Å². The van der Waals surface area contributed by atoms with Crippen LogP contribution < -0.4 is 4.74 Å². The van der Waals surface area contributed by atoms with Crippen LogP contribution in [0.3, 0.4) is 0 Å². The van der Waals surface area contributed by atoms with Gasteiger partial charge in [-0.1, -0.05) is 6.07 Å². The predicted molar refractivity (Wildman–Crippen MR) is 64.1 cm³/mol. The lowest BCUT2D eigenvalue weighted by Gasteiger charge is -2.08. The van der Waals surface area contributed by atoms with Crippen molar-refractivity contribution in [1.82, 2.24) is 9.55 Å². The Morgan fingerprint density at radius 3 is 2.85 bits per heavy atom. The first-order valence-electron chi connectivity index (χ1n) is 6.00. The molecular weight excluding hydrogens is 273 g/mol. The van der Waals surface area contributed by atoms with Crippen molar-refractivity contribution in [3.05, 3.63) is 35.7 Å². The van der Waals surface area contributed by atoms with Gasteiger partial charge in [0.05, 0.1) is 18.7 Å². The zero-order valence-electron chi connectivity index (χ0n) is 10.3. The maximum Gasteiger partial charge on any atom is 0.434 e. The lowest BCUT2D eigenvalue weighted by atomic mass is 10.1. The number of imidazole rings is 1. The molecule has 3 rings (SSSR count). The molecule has 0 radical (unpaired) electrons. The largest absolute Gasteiger partial charge is 0.491 e. The van der Waals surface area contributed by atoms with Crippen LogP contribution in [0.15, 0.2) is 24.4 Å². The van der Waals surface area contributed by atoms with E-state index in [4.69, 9.17) is 9.84 Å². The highest BCUT2D eigenvalue weighted by atomic mass is 19.4. The first-order valence-corrected chi connectivity index (χ1v) is 6.00. The summed E-state index contributed by atoms with van der Waals surface area (Å²) in [4.78, 5) is 3.67. The molecule has 0 saturated carbocycles. The van der Waals surface area contributed by atoms with E-state index < -0.39 is 11.9 Å². The van der Waals surface area contributed by atoms with E-state index in [1.165, 1.54) is 4.57 Å². The van der Waals surface area contributed by atoms with Crippen LogP contribution in [-0.2, 0) is 19.3 Å². The fourth-order valence-corrected chi connectivity index (χ4v) is 2.16. The molecule has 2 aromatic rings. The summed E-state index contributed by atoms with van der Waals surface area (Å²) < 4.78 is 45.1. The molecule has 0 bridgehead atoms. The van der Waals surface area contributed by atoms with Crippen molar-refractivity contribution in [2.75, 3.05) is 6.61 Å². The van der Waals surface area contributed by atoms with E-state index in [-0.39, 0.29) is 19.0 Å². The van der Waals surface area contributed by atoms with Gasteiger partial charge < -0.3 is 14.4 Å². The number of alkyl halides is 3. The van der Waals surface area contributed by atoms with E-state index in [2.05, 4.69) is 4.98 Å². The van der Waals surface area contributed by atoms with E-state index in [9.17, 15) is 13.2 Å². The van der Waals surface area contributed by atoms with Gasteiger partial charge in [-0.15, -0.1) is 0 Å². The average Bonchev–Trinajstić information content (AvgIpc) is 2.76. The number of benzene rings is 1. The molecule has 0 aliphatic carbocycles. The SMILES string of the molecule is OCc1ccc2c(c1)OCCn1cc(C(F)(F)F)nc1-2. The van der Waals surface area contributed by atoms with Gasteiger partial charge in [0.25, 0.3) is 0 Å². The standard InChI is InChI=1S/C13H11F3N2O2/c14-13(15,16)11-6-18-3-4-20-10-5-8(7-19)1-2-9(10)12(18)17-11/h1-2,5-6,19H,3-4,7H2. The van der Waals surface area contributed by atoms with Gasteiger partial charge in [-0.05, 0) is 17.7 Å². The van der Waals surface area contributed by atoms with Gasteiger partial charge in [0.1, 0.15) is 18.2 Å². The minimum absolute atomic E-state index is 0.154. The van der Waals surface area contributed by atoms with E-state index in [1.54, 1.807) is 18.2 Å². The lowest BCUT2D eigenvalue weighted by Crippen LogP contribution is -2.07. The van der Waals surface area contributed by atoms with Gasteiger partial charge >= 0.3 is 6.18 Å². The number of aliphatic hydroxyl groups is 1. The lowest BCUT2D eigenvalue weighted by molar-refractivity contribution is -0.140. The number of halogens is 3. The smallest absolute Gasteiger partial charge is 0.434 e. The number of hydrogen-bond donors (Lipinski definition) is 1. The van der Waals surface area contributed by atoms with Crippen molar-refractivity contribution in [2.45, 2.75) is 19.3 Å². The fraction of sp³-hybridized carbons (Fsp3) is 0.308. The highest BCUT2D eigenvalue weighted by molar-refractivity contribution is 5.66. The number of aromatic nitrogens is 2. The Morgan fingerprint density at radius 2 is 2.15 bits per heavy atom. The summed E-state index contributed by atoms with van der Waals surface area (Å²) in [5.41, 5.74) is 0.224. The molecule has 1 aliphatic heterocycles. The van der Waals surface area contributed by atoms with Crippen LogP contribution in [0.2, 0.25) is 0 Å². The van der Waals surface area contributed by atoms with E-state index in [0.29, 0.717) is 23.4 Å². The van der Waals surface area contributed by atoms with Crippen LogP contribution in [0.5, 0.6) is 5.75 Å². The number of fused-ring (bicyclic) bond motifs is 3. The van der Waals surface area contributed by atoms with Crippen LogP contribution in [-0.4, -0.2) is 21.3 Å². The van der Waals surface area contributed by atoms with Crippen molar-refractivity contribution in [2.24, 2.45) is 0 Å². The normalized spacial score (nSPS) is 14.2. The zero-order valence-corrected chi connectivity index (χ0v) is 10.3. The predicted octanol–water partition coefficient (Wildman–Crippen LogP) is 2.45. The minimum Gasteiger partial charge on any atom is -0.491 e. The highest BCUT2D eigenvalue weighted by Gasteiger charge is 2.35. The molecule has 0 saturated heterocycles. The van der Waals surface area contributed by atoms with Gasteiger partial charge in [0.15, 0.2) is 5.69 Å². The zero-order chi connectivity index (χ0) is 14.3. The number of nitrogens with zero attached hydrogens (tertiary/aromatic N) is 2.